The molecule has 4 rings (SSSR count). The van der Waals surface area contributed by atoms with Crippen LogP contribution < -0.4 is 4.74 Å². The lowest BCUT2D eigenvalue weighted by Crippen LogP contribution is -2.49. The predicted octanol–water partition coefficient (Wildman–Crippen LogP) is 3.64. The molecule has 1 aliphatic heterocycles. The lowest BCUT2D eigenvalue weighted by atomic mass is 10.1. The van der Waals surface area contributed by atoms with Gasteiger partial charge >= 0.3 is 0 Å². The second-order valence-electron chi connectivity index (χ2n) is 7.38. The van der Waals surface area contributed by atoms with Crippen LogP contribution in [0.1, 0.15) is 15.9 Å². The molecule has 6 nitrogen and oxygen atoms in total. The molecule has 0 N–H and O–H groups in total. The maximum atomic E-state index is 12.9. The number of carbonyl (C=O) groups excluding carboxylic acids is 1. The van der Waals surface area contributed by atoms with Crippen LogP contribution in [-0.4, -0.2) is 65.3 Å². The second-order valence-corrected chi connectivity index (χ2v) is 8.30. The number of methoxy groups -OCH3 is 1. The molecule has 0 radical (unpaired) electrons. The molecule has 156 valence electrons. The van der Waals surface area contributed by atoms with Crippen LogP contribution in [0.15, 0.2) is 65.4 Å². The fraction of sp³-hybridized carbons (Fsp3) is 0.304. The first-order chi connectivity index (χ1) is 14.6. The molecule has 2 aromatic carbocycles. The summed E-state index contributed by atoms with van der Waals surface area (Å²) in [4.78, 5) is 17.2. The average molecular weight is 469 g/mol. The van der Waals surface area contributed by atoms with Crippen LogP contribution in [-0.2, 0) is 6.42 Å². The monoisotopic (exact) mass is 468 g/mol. The van der Waals surface area contributed by atoms with Gasteiger partial charge in [-0.05, 0) is 48.4 Å². The van der Waals surface area contributed by atoms with Gasteiger partial charge in [0.1, 0.15) is 5.75 Å². The van der Waals surface area contributed by atoms with Crippen molar-refractivity contribution in [3.8, 4) is 11.4 Å². The van der Waals surface area contributed by atoms with E-state index < -0.39 is 0 Å². The van der Waals surface area contributed by atoms with E-state index in [1.54, 1.807) is 18.0 Å². The van der Waals surface area contributed by atoms with E-state index in [9.17, 15) is 4.79 Å². The third kappa shape index (κ3) is 4.91. The maximum Gasteiger partial charge on any atom is 0.257 e. The zero-order chi connectivity index (χ0) is 20.9. The second kappa shape index (κ2) is 9.45. The van der Waals surface area contributed by atoms with E-state index in [1.165, 1.54) is 5.56 Å². The molecule has 7 heteroatoms. The van der Waals surface area contributed by atoms with Crippen molar-refractivity contribution in [1.82, 2.24) is 19.6 Å². The van der Waals surface area contributed by atoms with Crippen LogP contribution in [0.5, 0.6) is 5.75 Å². The van der Waals surface area contributed by atoms with Crippen molar-refractivity contribution in [2.24, 2.45) is 0 Å². The predicted molar refractivity (Wildman–Crippen MR) is 120 cm³/mol. The Morgan fingerprint density at radius 1 is 1.03 bits per heavy atom. The Bertz CT molecular complexity index is 977. The number of aromatic nitrogens is 2. The molecule has 1 amide bonds. The molecule has 30 heavy (non-hydrogen) atoms. The standard InChI is InChI=1S/C23H25BrN4O2/c1-30-22-8-2-18(3-9-22)10-11-26-12-14-27(15-13-26)23(29)19-16-25-28(17-19)21-6-4-20(24)5-7-21/h2-9,16-17H,10-15H2,1H3. The highest BCUT2D eigenvalue weighted by atomic mass is 79.9. The van der Waals surface area contributed by atoms with E-state index in [1.807, 2.05) is 47.5 Å². The number of hydrogen-bond donors (Lipinski definition) is 0. The number of hydrogen-bond acceptors (Lipinski definition) is 4. The number of halogens is 1. The summed E-state index contributed by atoms with van der Waals surface area (Å²) < 4.78 is 7.96. The smallest absolute Gasteiger partial charge is 0.257 e. The number of rotatable bonds is 6. The minimum atomic E-state index is 0.0492. The molecule has 2 heterocycles. The molecular weight excluding hydrogens is 444 g/mol. The molecule has 1 aromatic heterocycles. The van der Waals surface area contributed by atoms with E-state index >= 15 is 0 Å². The lowest BCUT2D eigenvalue weighted by Gasteiger charge is -2.34. The van der Waals surface area contributed by atoms with Gasteiger partial charge in [0, 0.05) is 43.4 Å². The van der Waals surface area contributed by atoms with Gasteiger partial charge in [-0.25, -0.2) is 4.68 Å². The number of amides is 1. The van der Waals surface area contributed by atoms with Crippen molar-refractivity contribution in [2.75, 3.05) is 39.8 Å². The fourth-order valence-corrected chi connectivity index (χ4v) is 3.87. The van der Waals surface area contributed by atoms with Gasteiger partial charge in [-0.3, -0.25) is 9.69 Å². The van der Waals surface area contributed by atoms with Crippen LogP contribution in [0.25, 0.3) is 5.69 Å². The van der Waals surface area contributed by atoms with Crippen molar-refractivity contribution in [1.29, 1.82) is 0 Å². The number of carbonyl (C=O) groups is 1. The summed E-state index contributed by atoms with van der Waals surface area (Å²) in [6, 6.07) is 16.1. The molecule has 1 aliphatic rings. The van der Waals surface area contributed by atoms with Gasteiger partial charge < -0.3 is 9.64 Å². The number of piperazine rings is 1. The summed E-state index contributed by atoms with van der Waals surface area (Å²) in [6.45, 7) is 4.26. The van der Waals surface area contributed by atoms with Crippen LogP contribution in [0.2, 0.25) is 0 Å². The highest BCUT2D eigenvalue weighted by Gasteiger charge is 2.23. The van der Waals surface area contributed by atoms with Crippen LogP contribution in [0, 0.1) is 0 Å². The molecule has 0 unspecified atom stereocenters. The van der Waals surface area contributed by atoms with Gasteiger partial charge in [0.25, 0.3) is 5.91 Å². The average Bonchev–Trinajstić information content (AvgIpc) is 3.29. The quantitative estimate of drug-likeness (QED) is 0.553. The van der Waals surface area contributed by atoms with E-state index in [-0.39, 0.29) is 5.91 Å². The topological polar surface area (TPSA) is 50.6 Å². The van der Waals surface area contributed by atoms with Crippen molar-refractivity contribution in [3.05, 3.63) is 76.5 Å². The molecular formula is C23H25BrN4O2. The first-order valence-electron chi connectivity index (χ1n) is 10.1. The summed E-state index contributed by atoms with van der Waals surface area (Å²) in [5.41, 5.74) is 2.86. The first-order valence-corrected chi connectivity index (χ1v) is 10.9. The SMILES string of the molecule is COc1ccc(CCN2CCN(C(=O)c3cnn(-c4ccc(Br)cc4)c3)CC2)cc1. The van der Waals surface area contributed by atoms with E-state index in [4.69, 9.17) is 4.74 Å². The maximum absolute atomic E-state index is 12.9. The van der Waals surface area contributed by atoms with Gasteiger partial charge in [0.2, 0.25) is 0 Å². The Morgan fingerprint density at radius 2 is 1.73 bits per heavy atom. The van der Waals surface area contributed by atoms with Crippen LogP contribution in [0.4, 0.5) is 0 Å². The number of nitrogens with zero attached hydrogens (tertiary/aromatic N) is 4. The Balaban J connectivity index is 1.28. The van der Waals surface area contributed by atoms with Crippen molar-refractivity contribution >= 4 is 21.8 Å². The zero-order valence-corrected chi connectivity index (χ0v) is 18.6. The molecule has 0 spiro atoms. The van der Waals surface area contributed by atoms with Gasteiger partial charge in [0.05, 0.1) is 24.6 Å². The van der Waals surface area contributed by atoms with E-state index in [0.29, 0.717) is 5.56 Å². The Kier molecular flexibility index (Phi) is 6.50. The first kappa shape index (κ1) is 20.6. The summed E-state index contributed by atoms with van der Waals surface area (Å²) in [5.74, 6) is 0.933. The molecule has 0 aliphatic carbocycles. The van der Waals surface area contributed by atoms with Gasteiger partial charge in [-0.2, -0.15) is 5.10 Å². The fourth-order valence-electron chi connectivity index (χ4n) is 3.60. The van der Waals surface area contributed by atoms with Gasteiger partial charge in [-0.15, -0.1) is 0 Å². The molecule has 0 saturated carbocycles. The minimum absolute atomic E-state index is 0.0492. The molecule has 0 atom stereocenters. The third-order valence-electron chi connectivity index (χ3n) is 5.46. The highest BCUT2D eigenvalue weighted by Crippen LogP contribution is 2.16. The molecule has 0 bridgehead atoms. The van der Waals surface area contributed by atoms with Crippen LogP contribution >= 0.6 is 15.9 Å². The van der Waals surface area contributed by atoms with Gasteiger partial charge in [-0.1, -0.05) is 28.1 Å². The normalized spacial score (nSPS) is 14.7. The number of ether oxygens (including phenoxy) is 1. The Morgan fingerprint density at radius 3 is 2.40 bits per heavy atom. The van der Waals surface area contributed by atoms with Crippen molar-refractivity contribution in [3.63, 3.8) is 0 Å². The summed E-state index contributed by atoms with van der Waals surface area (Å²) in [5, 5.41) is 4.36. The Hall–Kier alpha value is -2.64. The zero-order valence-electron chi connectivity index (χ0n) is 17.0. The molecule has 1 fully saturated rings. The van der Waals surface area contributed by atoms with E-state index in [2.05, 4.69) is 38.1 Å². The third-order valence-corrected chi connectivity index (χ3v) is 5.98. The number of benzene rings is 2. The van der Waals surface area contributed by atoms with Crippen LogP contribution in [0.3, 0.4) is 0 Å². The van der Waals surface area contributed by atoms with Crippen molar-refractivity contribution < 1.29 is 9.53 Å². The Labute approximate surface area is 185 Å². The summed E-state index contributed by atoms with van der Waals surface area (Å²) in [6.07, 6.45) is 4.46. The minimum Gasteiger partial charge on any atom is -0.497 e. The lowest BCUT2D eigenvalue weighted by molar-refractivity contribution is 0.0638. The van der Waals surface area contributed by atoms with Crippen molar-refractivity contribution in [2.45, 2.75) is 6.42 Å². The summed E-state index contributed by atoms with van der Waals surface area (Å²) >= 11 is 3.43. The van der Waals surface area contributed by atoms with E-state index in [0.717, 1.165) is 55.1 Å². The van der Waals surface area contributed by atoms with Gasteiger partial charge in [0.15, 0.2) is 0 Å². The highest BCUT2D eigenvalue weighted by molar-refractivity contribution is 9.10. The largest absolute Gasteiger partial charge is 0.497 e. The summed E-state index contributed by atoms with van der Waals surface area (Å²) in [7, 11) is 1.68. The molecule has 1 saturated heterocycles. The molecule has 3 aromatic rings.